The molecule has 6 heteroatoms. The van der Waals surface area contributed by atoms with Gasteiger partial charge in [-0.15, -0.1) is 0 Å². The lowest BCUT2D eigenvalue weighted by atomic mass is 10.0. The van der Waals surface area contributed by atoms with Gasteiger partial charge in [0.15, 0.2) is 0 Å². The van der Waals surface area contributed by atoms with Crippen LogP contribution in [0.3, 0.4) is 0 Å². The van der Waals surface area contributed by atoms with Crippen LogP contribution in [-0.2, 0) is 11.2 Å². The lowest BCUT2D eigenvalue weighted by Crippen LogP contribution is -2.26. The van der Waals surface area contributed by atoms with E-state index in [-0.39, 0.29) is 30.0 Å². The molecule has 0 aliphatic heterocycles. The van der Waals surface area contributed by atoms with Gasteiger partial charge in [0.05, 0.1) is 6.04 Å². The maximum absolute atomic E-state index is 13.9. The van der Waals surface area contributed by atoms with Gasteiger partial charge in [-0.25, -0.2) is 8.78 Å². The molecule has 0 aliphatic carbocycles. The summed E-state index contributed by atoms with van der Waals surface area (Å²) in [7, 11) is 0. The van der Waals surface area contributed by atoms with E-state index in [2.05, 4.69) is 15.3 Å². The quantitative estimate of drug-likeness (QED) is 0.456. The molecule has 152 valence electrons. The third kappa shape index (κ3) is 4.22. The molecule has 2 aromatic carbocycles. The molecule has 0 aliphatic rings. The van der Waals surface area contributed by atoms with E-state index in [9.17, 15) is 13.6 Å². The summed E-state index contributed by atoms with van der Waals surface area (Å²) < 4.78 is 27.2. The van der Waals surface area contributed by atoms with Crippen LogP contribution >= 0.6 is 0 Å². The van der Waals surface area contributed by atoms with Crippen LogP contribution in [0.15, 0.2) is 67.0 Å². The minimum Gasteiger partial charge on any atom is -0.354 e. The number of rotatable bonds is 6. The molecule has 2 heterocycles. The third-order valence-corrected chi connectivity index (χ3v) is 5.17. The molecule has 0 radical (unpaired) electrons. The second-order valence-electron chi connectivity index (χ2n) is 7.25. The number of pyridine rings is 1. The number of hydrogen-bond donors (Lipinski definition) is 2. The van der Waals surface area contributed by atoms with Gasteiger partial charge >= 0.3 is 0 Å². The second kappa shape index (κ2) is 8.45. The maximum Gasteiger partial charge on any atom is 0.220 e. The number of aromatic nitrogens is 2. The summed E-state index contributed by atoms with van der Waals surface area (Å²) in [4.78, 5) is 19.9. The van der Waals surface area contributed by atoms with Gasteiger partial charge in [0.2, 0.25) is 5.91 Å². The third-order valence-electron chi connectivity index (χ3n) is 5.17. The van der Waals surface area contributed by atoms with E-state index in [0.717, 1.165) is 33.3 Å². The molecule has 0 saturated carbocycles. The molecule has 0 spiro atoms. The van der Waals surface area contributed by atoms with Crippen molar-refractivity contribution < 1.29 is 13.6 Å². The molecule has 4 nitrogen and oxygen atoms in total. The fraction of sp³-hybridized carbons (Fsp3) is 0.167. The van der Waals surface area contributed by atoms with Crippen molar-refractivity contribution in [1.82, 2.24) is 15.3 Å². The number of aryl methyl sites for hydroxylation is 1. The minimum atomic E-state index is -0.344. The molecular weight excluding hydrogens is 384 g/mol. The molecule has 1 amide bonds. The second-order valence-corrected chi connectivity index (χ2v) is 7.25. The van der Waals surface area contributed by atoms with E-state index in [4.69, 9.17) is 0 Å². The van der Waals surface area contributed by atoms with Crippen LogP contribution in [0, 0.1) is 11.6 Å². The van der Waals surface area contributed by atoms with Gasteiger partial charge in [-0.2, -0.15) is 0 Å². The van der Waals surface area contributed by atoms with E-state index in [1.54, 1.807) is 30.6 Å². The van der Waals surface area contributed by atoms with E-state index >= 15 is 0 Å². The summed E-state index contributed by atoms with van der Waals surface area (Å²) >= 11 is 0. The molecule has 1 atom stereocenters. The Labute approximate surface area is 173 Å². The molecule has 0 saturated heterocycles. The van der Waals surface area contributed by atoms with Gasteiger partial charge in [0, 0.05) is 35.4 Å². The fourth-order valence-corrected chi connectivity index (χ4v) is 3.61. The van der Waals surface area contributed by atoms with Crippen molar-refractivity contribution in [2.24, 2.45) is 0 Å². The largest absolute Gasteiger partial charge is 0.354 e. The van der Waals surface area contributed by atoms with E-state index in [0.29, 0.717) is 6.42 Å². The molecule has 4 rings (SSSR count). The highest BCUT2D eigenvalue weighted by atomic mass is 19.1. The van der Waals surface area contributed by atoms with E-state index in [1.165, 1.54) is 24.3 Å². The zero-order valence-electron chi connectivity index (χ0n) is 16.5. The van der Waals surface area contributed by atoms with Crippen molar-refractivity contribution in [3.8, 4) is 11.3 Å². The van der Waals surface area contributed by atoms with Gasteiger partial charge in [0.25, 0.3) is 0 Å². The zero-order valence-corrected chi connectivity index (χ0v) is 16.5. The fourth-order valence-electron chi connectivity index (χ4n) is 3.61. The highest BCUT2D eigenvalue weighted by Crippen LogP contribution is 2.32. The van der Waals surface area contributed by atoms with E-state index in [1.807, 2.05) is 19.1 Å². The predicted molar refractivity (Wildman–Crippen MR) is 113 cm³/mol. The van der Waals surface area contributed by atoms with Crippen LogP contribution in [0.1, 0.15) is 30.5 Å². The average molecular weight is 405 g/mol. The first-order valence-electron chi connectivity index (χ1n) is 9.76. The van der Waals surface area contributed by atoms with Gasteiger partial charge in [0.1, 0.15) is 11.6 Å². The first kappa shape index (κ1) is 19.8. The van der Waals surface area contributed by atoms with Crippen LogP contribution in [0.25, 0.3) is 22.2 Å². The van der Waals surface area contributed by atoms with Gasteiger partial charge in [-0.1, -0.05) is 6.07 Å². The van der Waals surface area contributed by atoms with E-state index < -0.39 is 0 Å². The Morgan fingerprint density at radius 3 is 2.60 bits per heavy atom. The molecular formula is C24H21F2N3O. The number of halogens is 2. The number of carbonyl (C=O) groups is 1. The Balaban J connectivity index is 1.58. The Morgan fingerprint density at radius 1 is 1.10 bits per heavy atom. The number of H-pyrrole nitrogens is 1. The monoisotopic (exact) mass is 405 g/mol. The lowest BCUT2D eigenvalue weighted by Gasteiger charge is -2.14. The number of nitrogens with zero attached hydrogens (tertiary/aromatic N) is 1. The number of carbonyl (C=O) groups excluding carboxylic acids is 1. The van der Waals surface area contributed by atoms with Crippen LogP contribution in [-0.4, -0.2) is 15.9 Å². The van der Waals surface area contributed by atoms with Crippen molar-refractivity contribution in [1.29, 1.82) is 0 Å². The van der Waals surface area contributed by atoms with Crippen molar-refractivity contribution in [2.45, 2.75) is 25.8 Å². The number of benzene rings is 2. The number of amides is 1. The average Bonchev–Trinajstić information content (AvgIpc) is 3.11. The summed E-state index contributed by atoms with van der Waals surface area (Å²) in [6.07, 6.45) is 4.06. The molecule has 4 aromatic rings. The number of hydrogen-bond acceptors (Lipinski definition) is 2. The highest BCUT2D eigenvalue weighted by molar-refractivity contribution is 5.91. The Morgan fingerprint density at radius 2 is 1.87 bits per heavy atom. The van der Waals surface area contributed by atoms with Crippen molar-refractivity contribution in [3.05, 3.63) is 89.8 Å². The molecule has 2 N–H and O–H groups in total. The van der Waals surface area contributed by atoms with Crippen molar-refractivity contribution in [3.63, 3.8) is 0 Å². The summed E-state index contributed by atoms with van der Waals surface area (Å²) in [6.45, 7) is 1.90. The summed E-state index contributed by atoms with van der Waals surface area (Å²) in [5.41, 5.74) is 4.08. The molecule has 0 unspecified atom stereocenters. The Bertz CT molecular complexity index is 1170. The highest BCUT2D eigenvalue weighted by Gasteiger charge is 2.16. The van der Waals surface area contributed by atoms with Crippen molar-refractivity contribution in [2.75, 3.05) is 0 Å². The Hall–Kier alpha value is -3.54. The molecule has 0 fully saturated rings. The van der Waals surface area contributed by atoms with Gasteiger partial charge < -0.3 is 10.3 Å². The molecule has 30 heavy (non-hydrogen) atoms. The normalized spacial score (nSPS) is 12.1. The number of aromatic amines is 1. The lowest BCUT2D eigenvalue weighted by molar-refractivity contribution is -0.121. The van der Waals surface area contributed by atoms with Gasteiger partial charge in [-0.3, -0.25) is 9.78 Å². The van der Waals surface area contributed by atoms with Crippen LogP contribution in [0.2, 0.25) is 0 Å². The van der Waals surface area contributed by atoms with Crippen molar-refractivity contribution >= 4 is 16.8 Å². The first-order chi connectivity index (χ1) is 14.5. The summed E-state index contributed by atoms with van der Waals surface area (Å²) in [5.74, 6) is -0.781. The zero-order chi connectivity index (χ0) is 21.1. The minimum absolute atomic E-state index is 0.109. The standard InChI is InChI=1S/C24H21F2N3O/c1-15(17-3-2-12-27-14-17)28-23(30)11-9-20-21-13-19(26)8-10-22(21)29-24(20)16-4-6-18(25)7-5-16/h2-8,10,12-15,29H,9,11H2,1H3,(H,28,30)/t15-/m1/s1. The summed E-state index contributed by atoms with van der Waals surface area (Å²) in [6, 6.07) is 14.2. The smallest absolute Gasteiger partial charge is 0.220 e. The SMILES string of the molecule is C[C@@H](NC(=O)CCc1c(-c2ccc(F)cc2)[nH]c2ccc(F)cc12)c1cccnc1. The van der Waals surface area contributed by atoms with Crippen LogP contribution in [0.4, 0.5) is 8.78 Å². The molecule has 2 aromatic heterocycles. The Kier molecular flexibility index (Phi) is 5.57. The summed E-state index contributed by atoms with van der Waals surface area (Å²) in [5, 5.41) is 3.70. The molecule has 0 bridgehead atoms. The number of nitrogens with one attached hydrogen (secondary N) is 2. The number of fused-ring (bicyclic) bond motifs is 1. The first-order valence-corrected chi connectivity index (χ1v) is 9.76. The maximum atomic E-state index is 13.9. The van der Waals surface area contributed by atoms with Crippen LogP contribution in [0.5, 0.6) is 0 Å². The predicted octanol–water partition coefficient (Wildman–Crippen LogP) is 5.32. The van der Waals surface area contributed by atoms with Crippen LogP contribution < -0.4 is 5.32 Å². The van der Waals surface area contributed by atoms with Gasteiger partial charge in [-0.05, 0) is 78.6 Å². The topological polar surface area (TPSA) is 57.8 Å².